The molecule has 2 amide bonds. The lowest BCUT2D eigenvalue weighted by molar-refractivity contribution is -0.111. The molecule has 1 unspecified atom stereocenters. The maximum absolute atomic E-state index is 11.2. The molecule has 3 rings (SSSR count). The minimum absolute atomic E-state index is 0.574. The summed E-state index contributed by atoms with van der Waals surface area (Å²) in [5, 5.41) is 6.15. The number of nitrogens with zero attached hydrogens (tertiary/aromatic N) is 1. The van der Waals surface area contributed by atoms with E-state index in [0.717, 1.165) is 41.8 Å². The quantitative estimate of drug-likeness (QED) is 0.830. The van der Waals surface area contributed by atoms with Crippen molar-refractivity contribution in [1.29, 1.82) is 0 Å². The van der Waals surface area contributed by atoms with Crippen molar-refractivity contribution in [3.05, 3.63) is 46.5 Å². The molecule has 0 bridgehead atoms. The summed E-state index contributed by atoms with van der Waals surface area (Å²) < 4.78 is 0. The van der Waals surface area contributed by atoms with Crippen molar-refractivity contribution >= 4 is 29.3 Å². The van der Waals surface area contributed by atoms with Crippen molar-refractivity contribution < 1.29 is 9.59 Å². The average Bonchev–Trinajstić information content (AvgIpc) is 2.93. The van der Waals surface area contributed by atoms with Crippen molar-refractivity contribution in [3.63, 3.8) is 0 Å². The second kappa shape index (κ2) is 5.65. The van der Waals surface area contributed by atoms with E-state index in [0.29, 0.717) is 11.5 Å². The van der Waals surface area contributed by atoms with Gasteiger partial charge in [-0.15, -0.1) is 11.3 Å². The van der Waals surface area contributed by atoms with Gasteiger partial charge in [-0.1, -0.05) is 30.3 Å². The molecule has 5 nitrogen and oxygen atoms in total. The lowest BCUT2D eigenvalue weighted by Gasteiger charge is -2.36. The van der Waals surface area contributed by atoms with Crippen molar-refractivity contribution in [3.8, 4) is 0 Å². The number of hydrogen-bond donors (Lipinski definition) is 2. The summed E-state index contributed by atoms with van der Waals surface area (Å²) in [5.74, 6) is 0. The van der Waals surface area contributed by atoms with Crippen LogP contribution in [0.5, 0.6) is 0 Å². The van der Waals surface area contributed by atoms with Gasteiger partial charge in [0.1, 0.15) is 5.54 Å². The molecule has 0 radical (unpaired) electrons. The van der Waals surface area contributed by atoms with E-state index >= 15 is 0 Å². The molecule has 0 spiro atoms. The van der Waals surface area contributed by atoms with Gasteiger partial charge in [-0.2, -0.15) is 0 Å². The third-order valence-corrected chi connectivity index (χ3v) is 4.86. The minimum Gasteiger partial charge on any atom is -0.343 e. The Morgan fingerprint density at radius 2 is 2.00 bits per heavy atom. The number of aromatic nitrogens is 1. The van der Waals surface area contributed by atoms with E-state index < -0.39 is 5.54 Å². The Morgan fingerprint density at radius 1 is 1.19 bits per heavy atom. The normalized spacial score (nSPS) is 20.4. The molecule has 0 aliphatic heterocycles. The van der Waals surface area contributed by atoms with Crippen molar-refractivity contribution in [1.82, 2.24) is 10.3 Å². The fourth-order valence-corrected chi connectivity index (χ4v) is 3.97. The average molecular weight is 301 g/mol. The third-order valence-electron chi connectivity index (χ3n) is 3.81. The molecule has 108 valence electrons. The van der Waals surface area contributed by atoms with Crippen LogP contribution in [0.4, 0.5) is 5.13 Å². The molecule has 2 aromatic rings. The SMILES string of the molecule is O=CNc1nc2c(s1)CCCC2(NC=O)c1ccccc1. The van der Waals surface area contributed by atoms with Gasteiger partial charge in [-0.25, -0.2) is 4.98 Å². The summed E-state index contributed by atoms with van der Waals surface area (Å²) in [6.07, 6.45) is 4.04. The van der Waals surface area contributed by atoms with Gasteiger partial charge >= 0.3 is 0 Å². The highest BCUT2D eigenvalue weighted by molar-refractivity contribution is 7.15. The van der Waals surface area contributed by atoms with E-state index in [2.05, 4.69) is 15.6 Å². The largest absolute Gasteiger partial charge is 0.343 e. The van der Waals surface area contributed by atoms with Gasteiger partial charge in [0.25, 0.3) is 0 Å². The number of fused-ring (bicyclic) bond motifs is 1. The third kappa shape index (κ3) is 2.31. The predicted molar refractivity (Wildman–Crippen MR) is 81.2 cm³/mol. The fourth-order valence-electron chi connectivity index (χ4n) is 2.93. The Labute approximate surface area is 126 Å². The molecule has 6 heteroatoms. The Hall–Kier alpha value is -2.21. The maximum Gasteiger partial charge on any atom is 0.213 e. The zero-order valence-electron chi connectivity index (χ0n) is 11.3. The van der Waals surface area contributed by atoms with Crippen LogP contribution in [0.25, 0.3) is 0 Å². The van der Waals surface area contributed by atoms with Gasteiger partial charge in [0.15, 0.2) is 5.13 Å². The lowest BCUT2D eigenvalue weighted by atomic mass is 9.78. The highest BCUT2D eigenvalue weighted by Gasteiger charge is 2.41. The first kappa shape index (κ1) is 13.8. The van der Waals surface area contributed by atoms with Crippen LogP contribution in [-0.2, 0) is 21.5 Å². The van der Waals surface area contributed by atoms with Gasteiger partial charge < -0.3 is 10.6 Å². The number of nitrogens with one attached hydrogen (secondary N) is 2. The molecule has 1 aliphatic rings. The van der Waals surface area contributed by atoms with E-state index in [1.54, 1.807) is 0 Å². The van der Waals surface area contributed by atoms with E-state index in [4.69, 9.17) is 0 Å². The molecule has 1 heterocycles. The first-order valence-electron chi connectivity index (χ1n) is 6.77. The smallest absolute Gasteiger partial charge is 0.213 e. The summed E-state index contributed by atoms with van der Waals surface area (Å²) in [6, 6.07) is 9.85. The number of benzene rings is 1. The molecule has 0 saturated heterocycles. The summed E-state index contributed by atoms with van der Waals surface area (Å²) >= 11 is 1.47. The monoisotopic (exact) mass is 301 g/mol. The molecule has 2 N–H and O–H groups in total. The van der Waals surface area contributed by atoms with Crippen LogP contribution in [0, 0.1) is 0 Å². The number of rotatable bonds is 5. The lowest BCUT2D eigenvalue weighted by Crippen LogP contribution is -2.45. The number of aryl methyl sites for hydroxylation is 1. The summed E-state index contributed by atoms with van der Waals surface area (Å²) in [4.78, 5) is 27.5. The summed E-state index contributed by atoms with van der Waals surface area (Å²) in [5.41, 5.74) is 1.26. The topological polar surface area (TPSA) is 71.1 Å². The van der Waals surface area contributed by atoms with Crippen LogP contribution in [0.2, 0.25) is 0 Å². The number of carbonyl (C=O) groups excluding carboxylic acids is 2. The molecular weight excluding hydrogens is 286 g/mol. The van der Waals surface area contributed by atoms with Gasteiger partial charge in [-0.05, 0) is 24.8 Å². The number of hydrogen-bond acceptors (Lipinski definition) is 4. The summed E-state index contributed by atoms with van der Waals surface area (Å²) in [7, 11) is 0. The standard InChI is InChI=1S/C15H15N3O2S/c19-9-16-14-18-13-12(21-14)7-4-8-15(13,17-10-20)11-5-2-1-3-6-11/h1-3,5-6,9-10H,4,7-8H2,(H,17,20)(H,16,18,19). The Kier molecular flexibility index (Phi) is 3.70. The zero-order chi connectivity index (χ0) is 14.7. The Bertz CT molecular complexity index is 656. The molecule has 0 fully saturated rings. The molecule has 1 aliphatic carbocycles. The minimum atomic E-state index is -0.601. The molecule has 0 saturated carbocycles. The Morgan fingerprint density at radius 3 is 2.71 bits per heavy atom. The van der Waals surface area contributed by atoms with Gasteiger partial charge in [0, 0.05) is 4.88 Å². The van der Waals surface area contributed by atoms with Crippen LogP contribution in [0.15, 0.2) is 30.3 Å². The molecule has 1 atom stereocenters. The highest BCUT2D eigenvalue weighted by atomic mass is 32.1. The van der Waals surface area contributed by atoms with Crippen molar-refractivity contribution in [2.45, 2.75) is 24.8 Å². The molecule has 1 aromatic heterocycles. The Balaban J connectivity index is 2.14. The van der Waals surface area contributed by atoms with Crippen LogP contribution in [0.1, 0.15) is 29.0 Å². The van der Waals surface area contributed by atoms with E-state index in [1.807, 2.05) is 30.3 Å². The van der Waals surface area contributed by atoms with Crippen molar-refractivity contribution in [2.75, 3.05) is 5.32 Å². The van der Waals surface area contributed by atoms with Crippen LogP contribution >= 0.6 is 11.3 Å². The molecule has 21 heavy (non-hydrogen) atoms. The number of carbonyl (C=O) groups is 2. The van der Waals surface area contributed by atoms with Gasteiger partial charge in [-0.3, -0.25) is 9.59 Å². The first-order chi connectivity index (χ1) is 10.3. The second-order valence-electron chi connectivity index (χ2n) is 4.94. The number of anilines is 1. The molecular formula is C15H15N3O2S. The van der Waals surface area contributed by atoms with Gasteiger partial charge in [0.2, 0.25) is 12.8 Å². The maximum atomic E-state index is 11.2. The number of amides is 2. The van der Waals surface area contributed by atoms with E-state index in [-0.39, 0.29) is 0 Å². The van der Waals surface area contributed by atoms with Crippen LogP contribution in [0.3, 0.4) is 0 Å². The first-order valence-corrected chi connectivity index (χ1v) is 7.59. The van der Waals surface area contributed by atoms with E-state index in [9.17, 15) is 9.59 Å². The highest BCUT2D eigenvalue weighted by Crippen LogP contribution is 2.43. The molecule has 1 aromatic carbocycles. The predicted octanol–water partition coefficient (Wildman–Crippen LogP) is 2.04. The second-order valence-corrected chi connectivity index (χ2v) is 6.02. The summed E-state index contributed by atoms with van der Waals surface area (Å²) in [6.45, 7) is 0. The van der Waals surface area contributed by atoms with Crippen LogP contribution < -0.4 is 10.6 Å². The van der Waals surface area contributed by atoms with Crippen molar-refractivity contribution in [2.24, 2.45) is 0 Å². The van der Waals surface area contributed by atoms with E-state index in [1.165, 1.54) is 11.3 Å². The number of thiazole rings is 1. The zero-order valence-corrected chi connectivity index (χ0v) is 12.2. The van der Waals surface area contributed by atoms with Gasteiger partial charge in [0.05, 0.1) is 5.69 Å². The van der Waals surface area contributed by atoms with Crippen LogP contribution in [-0.4, -0.2) is 17.8 Å². The fraction of sp³-hybridized carbons (Fsp3) is 0.267.